The minimum Gasteiger partial charge on any atom is -0.379 e. The average Bonchev–Trinajstić information content (AvgIpc) is 2.98. The molecule has 0 spiro atoms. The fourth-order valence-electron chi connectivity index (χ4n) is 2.02. The summed E-state index contributed by atoms with van der Waals surface area (Å²) < 4.78 is 6.16. The maximum atomic E-state index is 12.0. The SMILES string of the molecule is CN(C(=O)CNC(=O)c1ccc(Br)cc1)C1CCOC1. The summed E-state index contributed by atoms with van der Waals surface area (Å²) in [7, 11) is 1.74. The van der Waals surface area contributed by atoms with Crippen LogP contribution in [0.5, 0.6) is 0 Å². The van der Waals surface area contributed by atoms with Crippen molar-refractivity contribution in [2.24, 2.45) is 0 Å². The minimum absolute atomic E-state index is 0.00188. The highest BCUT2D eigenvalue weighted by atomic mass is 79.9. The Morgan fingerprint density at radius 3 is 2.70 bits per heavy atom. The van der Waals surface area contributed by atoms with Crippen LogP contribution in [-0.4, -0.2) is 49.6 Å². The second-order valence-electron chi connectivity index (χ2n) is 4.71. The van der Waals surface area contributed by atoms with Gasteiger partial charge in [0.2, 0.25) is 5.91 Å². The lowest BCUT2D eigenvalue weighted by Crippen LogP contribution is -2.43. The van der Waals surface area contributed by atoms with E-state index < -0.39 is 0 Å². The molecule has 6 heteroatoms. The van der Waals surface area contributed by atoms with Crippen LogP contribution in [0.1, 0.15) is 16.8 Å². The van der Waals surface area contributed by atoms with E-state index in [1.54, 1.807) is 36.2 Å². The Bertz CT molecular complexity index is 484. The molecule has 0 bridgehead atoms. The van der Waals surface area contributed by atoms with Crippen molar-refractivity contribution in [3.8, 4) is 0 Å². The third-order valence-electron chi connectivity index (χ3n) is 3.35. The van der Waals surface area contributed by atoms with Gasteiger partial charge in [-0.2, -0.15) is 0 Å². The number of rotatable bonds is 4. The Morgan fingerprint density at radius 1 is 1.40 bits per heavy atom. The quantitative estimate of drug-likeness (QED) is 0.901. The Kier molecular flexibility index (Phi) is 5.14. The molecule has 1 aromatic rings. The molecular formula is C14H17BrN2O3. The monoisotopic (exact) mass is 340 g/mol. The molecule has 1 N–H and O–H groups in total. The second-order valence-corrected chi connectivity index (χ2v) is 5.63. The van der Waals surface area contributed by atoms with Crippen LogP contribution in [0.2, 0.25) is 0 Å². The summed E-state index contributed by atoms with van der Waals surface area (Å²) in [5.41, 5.74) is 0.535. The Labute approximate surface area is 126 Å². The number of benzene rings is 1. The minimum atomic E-state index is -0.248. The van der Waals surface area contributed by atoms with Crippen LogP contribution < -0.4 is 5.32 Å². The highest BCUT2D eigenvalue weighted by Gasteiger charge is 2.24. The summed E-state index contributed by atoms with van der Waals surface area (Å²) in [6.07, 6.45) is 0.850. The maximum absolute atomic E-state index is 12.0. The summed E-state index contributed by atoms with van der Waals surface area (Å²) in [5.74, 6) is -0.354. The van der Waals surface area contributed by atoms with Gasteiger partial charge in [0, 0.05) is 23.7 Å². The number of hydrogen-bond donors (Lipinski definition) is 1. The predicted molar refractivity (Wildman–Crippen MR) is 78.5 cm³/mol. The fraction of sp³-hybridized carbons (Fsp3) is 0.429. The van der Waals surface area contributed by atoms with E-state index in [-0.39, 0.29) is 24.4 Å². The number of amides is 2. The van der Waals surface area contributed by atoms with Crippen molar-refractivity contribution < 1.29 is 14.3 Å². The molecule has 1 fully saturated rings. The summed E-state index contributed by atoms with van der Waals surface area (Å²) in [6.45, 7) is 1.26. The van der Waals surface area contributed by atoms with Gasteiger partial charge >= 0.3 is 0 Å². The van der Waals surface area contributed by atoms with Crippen LogP contribution in [0.25, 0.3) is 0 Å². The first-order valence-electron chi connectivity index (χ1n) is 6.45. The molecule has 1 heterocycles. The summed E-state index contributed by atoms with van der Waals surface area (Å²) in [5, 5.41) is 2.64. The summed E-state index contributed by atoms with van der Waals surface area (Å²) >= 11 is 3.31. The zero-order chi connectivity index (χ0) is 14.5. The number of ether oxygens (including phenoxy) is 1. The molecule has 1 atom stereocenters. The van der Waals surface area contributed by atoms with Gasteiger partial charge < -0.3 is 15.0 Å². The van der Waals surface area contributed by atoms with Gasteiger partial charge in [-0.3, -0.25) is 9.59 Å². The van der Waals surface area contributed by atoms with Gasteiger partial charge in [-0.05, 0) is 30.7 Å². The molecule has 0 aliphatic carbocycles. The third-order valence-corrected chi connectivity index (χ3v) is 3.88. The molecular weight excluding hydrogens is 324 g/mol. The number of nitrogens with one attached hydrogen (secondary N) is 1. The molecule has 0 aromatic heterocycles. The molecule has 2 amide bonds. The molecule has 20 heavy (non-hydrogen) atoms. The van der Waals surface area contributed by atoms with Crippen LogP contribution >= 0.6 is 15.9 Å². The number of carbonyl (C=O) groups is 2. The smallest absolute Gasteiger partial charge is 0.251 e. The zero-order valence-corrected chi connectivity index (χ0v) is 12.9. The van der Waals surface area contributed by atoms with E-state index in [2.05, 4.69) is 21.2 Å². The van der Waals surface area contributed by atoms with Crippen molar-refractivity contribution in [3.05, 3.63) is 34.3 Å². The van der Waals surface area contributed by atoms with E-state index in [4.69, 9.17) is 4.74 Å². The van der Waals surface area contributed by atoms with Crippen LogP contribution in [-0.2, 0) is 9.53 Å². The number of halogens is 1. The van der Waals surface area contributed by atoms with E-state index in [1.807, 2.05) is 0 Å². The molecule has 5 nitrogen and oxygen atoms in total. The number of likely N-dealkylation sites (N-methyl/N-ethyl adjacent to an activating group) is 1. The first-order valence-corrected chi connectivity index (χ1v) is 7.24. The topological polar surface area (TPSA) is 58.6 Å². The molecule has 0 radical (unpaired) electrons. The molecule has 1 aliphatic rings. The molecule has 2 rings (SSSR count). The average molecular weight is 341 g/mol. The van der Waals surface area contributed by atoms with Gasteiger partial charge in [-0.25, -0.2) is 0 Å². The highest BCUT2D eigenvalue weighted by molar-refractivity contribution is 9.10. The molecule has 108 valence electrons. The van der Waals surface area contributed by atoms with Gasteiger partial charge in [-0.15, -0.1) is 0 Å². The van der Waals surface area contributed by atoms with E-state index in [0.29, 0.717) is 18.8 Å². The molecule has 1 unspecified atom stereocenters. The van der Waals surface area contributed by atoms with Crippen molar-refractivity contribution in [2.75, 3.05) is 26.8 Å². The van der Waals surface area contributed by atoms with Crippen LogP contribution in [0.15, 0.2) is 28.7 Å². The summed E-state index contributed by atoms with van der Waals surface area (Å²) in [6, 6.07) is 7.11. The van der Waals surface area contributed by atoms with Crippen LogP contribution in [0, 0.1) is 0 Å². The van der Waals surface area contributed by atoms with Crippen molar-refractivity contribution in [1.82, 2.24) is 10.2 Å². The zero-order valence-electron chi connectivity index (χ0n) is 11.3. The van der Waals surface area contributed by atoms with E-state index in [9.17, 15) is 9.59 Å². The Hall–Kier alpha value is -1.40. The van der Waals surface area contributed by atoms with Crippen LogP contribution in [0.4, 0.5) is 0 Å². The van der Waals surface area contributed by atoms with Gasteiger partial charge in [0.1, 0.15) is 0 Å². The number of nitrogens with zero attached hydrogens (tertiary/aromatic N) is 1. The molecule has 1 saturated heterocycles. The van der Waals surface area contributed by atoms with Crippen LogP contribution in [0.3, 0.4) is 0 Å². The van der Waals surface area contributed by atoms with Gasteiger partial charge in [0.15, 0.2) is 0 Å². The van der Waals surface area contributed by atoms with E-state index in [1.165, 1.54) is 0 Å². The highest BCUT2D eigenvalue weighted by Crippen LogP contribution is 2.11. The Morgan fingerprint density at radius 2 is 2.10 bits per heavy atom. The normalized spacial score (nSPS) is 17.8. The lowest BCUT2D eigenvalue weighted by Gasteiger charge is -2.23. The van der Waals surface area contributed by atoms with Gasteiger partial charge in [0.25, 0.3) is 5.91 Å². The maximum Gasteiger partial charge on any atom is 0.251 e. The predicted octanol–water partition coefficient (Wildman–Crippen LogP) is 1.43. The molecule has 0 saturated carbocycles. The number of carbonyl (C=O) groups excluding carboxylic acids is 2. The second kappa shape index (κ2) is 6.85. The van der Waals surface area contributed by atoms with Crippen molar-refractivity contribution >= 4 is 27.7 Å². The van der Waals surface area contributed by atoms with Crippen molar-refractivity contribution in [3.63, 3.8) is 0 Å². The first-order chi connectivity index (χ1) is 9.58. The lowest BCUT2D eigenvalue weighted by molar-refractivity contribution is -0.130. The molecule has 1 aromatic carbocycles. The van der Waals surface area contributed by atoms with Gasteiger partial charge in [0.05, 0.1) is 19.2 Å². The Balaban J connectivity index is 1.83. The molecule has 1 aliphatic heterocycles. The number of hydrogen-bond acceptors (Lipinski definition) is 3. The third kappa shape index (κ3) is 3.80. The van der Waals surface area contributed by atoms with E-state index >= 15 is 0 Å². The largest absolute Gasteiger partial charge is 0.379 e. The van der Waals surface area contributed by atoms with E-state index in [0.717, 1.165) is 10.9 Å². The van der Waals surface area contributed by atoms with Gasteiger partial charge in [-0.1, -0.05) is 15.9 Å². The standard InChI is InChI=1S/C14H17BrN2O3/c1-17(12-6-7-20-9-12)13(18)8-16-14(19)10-2-4-11(15)5-3-10/h2-5,12H,6-9H2,1H3,(H,16,19). The summed E-state index contributed by atoms with van der Waals surface area (Å²) in [4.78, 5) is 25.5. The lowest BCUT2D eigenvalue weighted by atomic mass is 10.2. The van der Waals surface area contributed by atoms with Crippen molar-refractivity contribution in [1.29, 1.82) is 0 Å². The fourth-order valence-corrected chi connectivity index (χ4v) is 2.28. The van der Waals surface area contributed by atoms with Crippen molar-refractivity contribution in [2.45, 2.75) is 12.5 Å². The first kappa shape index (κ1) is 15.0.